The molecule has 4 heterocycles. The third kappa shape index (κ3) is 3.18. The largest absolute Gasteiger partial charge is 0.367 e. The van der Waals surface area contributed by atoms with Gasteiger partial charge in [0.1, 0.15) is 12.2 Å². The first-order chi connectivity index (χ1) is 17.3. The van der Waals surface area contributed by atoms with Gasteiger partial charge in [-0.15, -0.1) is 0 Å². The molecule has 0 radical (unpaired) electrons. The summed E-state index contributed by atoms with van der Waals surface area (Å²) in [6.07, 6.45) is 5.00. The molecule has 4 saturated carbocycles. The monoisotopic (exact) mass is 491 g/mol. The Balaban J connectivity index is 1.27. The maximum atomic E-state index is 13.6. The Morgan fingerprint density at radius 3 is 2.64 bits per heavy atom. The van der Waals surface area contributed by atoms with Crippen molar-refractivity contribution >= 4 is 17.0 Å². The van der Waals surface area contributed by atoms with Crippen molar-refractivity contribution in [2.24, 2.45) is 5.41 Å². The molecule has 1 aliphatic heterocycles. The van der Waals surface area contributed by atoms with E-state index in [0.29, 0.717) is 66.6 Å². The molecule has 2 atom stereocenters. The smallest absolute Gasteiger partial charge is 0.244 e. The van der Waals surface area contributed by atoms with E-state index in [1.807, 2.05) is 17.8 Å². The van der Waals surface area contributed by atoms with E-state index in [-0.39, 0.29) is 12.2 Å². The van der Waals surface area contributed by atoms with Crippen molar-refractivity contribution in [3.05, 3.63) is 41.0 Å². The first-order valence-electron chi connectivity index (χ1n) is 12.6. The minimum absolute atomic E-state index is 0.0523. The van der Waals surface area contributed by atoms with Gasteiger partial charge in [0.05, 0.1) is 41.8 Å². The topological polar surface area (TPSA) is 92.8 Å². The van der Waals surface area contributed by atoms with Gasteiger partial charge in [-0.2, -0.15) is 15.3 Å². The molecule has 5 aliphatic rings. The van der Waals surface area contributed by atoms with Crippen molar-refractivity contribution < 1.29 is 13.5 Å². The van der Waals surface area contributed by atoms with Gasteiger partial charge in [-0.05, 0) is 52.0 Å². The molecule has 5 fully saturated rings. The van der Waals surface area contributed by atoms with E-state index >= 15 is 0 Å². The average Bonchev–Trinajstić information content (AvgIpc) is 3.52. The Bertz CT molecular complexity index is 1410. The zero-order chi connectivity index (χ0) is 24.8. The van der Waals surface area contributed by atoms with Gasteiger partial charge in [0.25, 0.3) is 0 Å². The molecule has 2 bridgehead atoms. The third-order valence-electron chi connectivity index (χ3n) is 8.48. The van der Waals surface area contributed by atoms with Gasteiger partial charge in [0, 0.05) is 34.5 Å². The summed E-state index contributed by atoms with van der Waals surface area (Å²) in [4.78, 5) is 16.6. The van der Waals surface area contributed by atoms with Crippen LogP contribution in [-0.4, -0.2) is 50.4 Å². The number of pyridine rings is 1. The molecule has 8 rings (SSSR count). The molecule has 1 saturated heterocycles. The molecule has 0 amide bonds. The number of morpholine rings is 1. The molecular weight excluding hydrogens is 464 g/mol. The fourth-order valence-electron chi connectivity index (χ4n) is 6.50. The Hall–Kier alpha value is -3.19. The van der Waals surface area contributed by atoms with Crippen molar-refractivity contribution in [3.63, 3.8) is 0 Å². The number of alkyl halides is 2. The van der Waals surface area contributed by atoms with Crippen molar-refractivity contribution in [3.8, 4) is 6.07 Å². The van der Waals surface area contributed by atoms with E-state index in [2.05, 4.69) is 27.2 Å². The van der Waals surface area contributed by atoms with Crippen molar-refractivity contribution in [1.82, 2.24) is 24.7 Å². The molecule has 0 N–H and O–H groups in total. The Morgan fingerprint density at radius 2 is 1.94 bits per heavy atom. The summed E-state index contributed by atoms with van der Waals surface area (Å²) < 4.78 is 35.5. The number of hydrogen-bond donors (Lipinski definition) is 0. The molecule has 186 valence electrons. The number of anilines is 1. The van der Waals surface area contributed by atoms with E-state index < -0.39 is 17.3 Å². The zero-order valence-electron chi connectivity index (χ0n) is 20.3. The molecule has 10 heteroatoms. The third-order valence-corrected chi connectivity index (χ3v) is 8.48. The number of rotatable bonds is 5. The molecule has 8 nitrogen and oxygen atoms in total. The minimum atomic E-state index is -2.32. The maximum absolute atomic E-state index is 13.6. The number of aryl methyl sites for hydroxylation is 1. The van der Waals surface area contributed by atoms with E-state index in [4.69, 9.17) is 14.7 Å². The Kier molecular flexibility index (Phi) is 4.54. The second-order valence-electron chi connectivity index (χ2n) is 11.3. The van der Waals surface area contributed by atoms with E-state index in [0.717, 1.165) is 24.1 Å². The number of nitriles is 1. The first kappa shape index (κ1) is 22.0. The van der Waals surface area contributed by atoms with E-state index in [9.17, 15) is 14.0 Å². The molecule has 3 aromatic heterocycles. The summed E-state index contributed by atoms with van der Waals surface area (Å²) in [5, 5.41) is 14.8. The van der Waals surface area contributed by atoms with E-state index in [1.54, 1.807) is 13.0 Å². The maximum Gasteiger partial charge on any atom is 0.244 e. The molecule has 3 aromatic rings. The minimum Gasteiger partial charge on any atom is -0.367 e. The van der Waals surface area contributed by atoms with Crippen molar-refractivity contribution in [1.29, 1.82) is 5.26 Å². The Morgan fingerprint density at radius 1 is 1.17 bits per heavy atom. The molecular formula is C26H27F2N7O. The van der Waals surface area contributed by atoms with Crippen LogP contribution in [0, 0.1) is 23.7 Å². The lowest BCUT2D eigenvalue weighted by Crippen LogP contribution is -2.68. The predicted octanol–water partition coefficient (Wildman–Crippen LogP) is 4.39. The predicted molar refractivity (Wildman–Crippen MR) is 127 cm³/mol. The van der Waals surface area contributed by atoms with Crippen LogP contribution >= 0.6 is 0 Å². The van der Waals surface area contributed by atoms with Crippen LogP contribution in [0.3, 0.4) is 0 Å². The highest BCUT2D eigenvalue weighted by molar-refractivity contribution is 5.82. The Labute approximate surface area is 207 Å². The second-order valence-corrected chi connectivity index (χ2v) is 11.3. The fraction of sp³-hybridized carbons (Fsp3) is 0.577. The SMILES string of the molecule is Cc1nc2nc(N3C[C@@H](C)O[C@@H](c4cnn(C5CC5)c4)C3)nc(C34CC(C(F)F)(C3)C4)c2cc1C#N. The highest BCUT2D eigenvalue weighted by atomic mass is 19.3. The number of nitrogens with zero attached hydrogens (tertiary/aromatic N) is 7. The van der Waals surface area contributed by atoms with Crippen molar-refractivity contribution in [2.75, 3.05) is 18.0 Å². The number of aromatic nitrogens is 5. The van der Waals surface area contributed by atoms with Crippen LogP contribution in [-0.2, 0) is 10.2 Å². The molecule has 4 aliphatic carbocycles. The lowest BCUT2D eigenvalue weighted by atomic mass is 9.34. The van der Waals surface area contributed by atoms with Crippen LogP contribution in [0.25, 0.3) is 11.0 Å². The van der Waals surface area contributed by atoms with Gasteiger partial charge in [-0.1, -0.05) is 0 Å². The highest BCUT2D eigenvalue weighted by Crippen LogP contribution is 2.75. The molecule has 36 heavy (non-hydrogen) atoms. The van der Waals surface area contributed by atoms with Gasteiger partial charge in [0.15, 0.2) is 5.65 Å². The van der Waals surface area contributed by atoms with Gasteiger partial charge < -0.3 is 9.64 Å². The van der Waals surface area contributed by atoms with Gasteiger partial charge in [-0.3, -0.25) is 4.68 Å². The molecule has 0 unspecified atom stereocenters. The summed E-state index contributed by atoms with van der Waals surface area (Å²) in [5.74, 6) is 0.541. The average molecular weight is 492 g/mol. The normalized spacial score (nSPS) is 31.3. The fourth-order valence-corrected chi connectivity index (χ4v) is 6.50. The van der Waals surface area contributed by atoms with Gasteiger partial charge in [0.2, 0.25) is 12.4 Å². The number of fused-ring (bicyclic) bond motifs is 1. The second kappa shape index (κ2) is 7.42. The van der Waals surface area contributed by atoms with Crippen LogP contribution in [0.5, 0.6) is 0 Å². The standard InChI is InChI=1S/C26H27F2N7O/c1-14-8-34(10-20(36-14)17-7-30-35(9-17)18-3-4-18)24-32-21(25-11-26(12-25,13-25)23(27)28)19-5-16(6-29)15(2)31-22(19)33-24/h5,7,9,14,18,20,23H,3-4,8,10-13H2,1-2H3/t14-,20-,25?,26?/m1/s1. The van der Waals surface area contributed by atoms with E-state index in [1.165, 1.54) is 0 Å². The first-order valence-corrected chi connectivity index (χ1v) is 12.6. The summed E-state index contributed by atoms with van der Waals surface area (Å²) in [5.41, 5.74) is 2.09. The highest BCUT2D eigenvalue weighted by Gasteiger charge is 2.73. The van der Waals surface area contributed by atoms with Gasteiger partial charge in [-0.25, -0.2) is 18.7 Å². The van der Waals surface area contributed by atoms with Crippen LogP contribution in [0.2, 0.25) is 0 Å². The van der Waals surface area contributed by atoms with Crippen LogP contribution in [0.1, 0.15) is 73.7 Å². The lowest BCUT2D eigenvalue weighted by Gasteiger charge is -2.69. The summed E-state index contributed by atoms with van der Waals surface area (Å²) in [6, 6.07) is 4.47. The summed E-state index contributed by atoms with van der Waals surface area (Å²) >= 11 is 0. The number of halogens is 2. The number of ether oxygens (including phenoxy) is 1. The zero-order valence-corrected chi connectivity index (χ0v) is 20.3. The summed E-state index contributed by atoms with van der Waals surface area (Å²) in [6.45, 7) is 4.99. The molecule has 0 spiro atoms. The lowest BCUT2D eigenvalue weighted by molar-refractivity contribution is -0.222. The van der Waals surface area contributed by atoms with Crippen LogP contribution in [0.15, 0.2) is 18.5 Å². The quantitative estimate of drug-likeness (QED) is 0.523. The van der Waals surface area contributed by atoms with Crippen LogP contribution < -0.4 is 4.90 Å². The van der Waals surface area contributed by atoms with Crippen molar-refractivity contribution in [2.45, 2.75) is 76.0 Å². The van der Waals surface area contributed by atoms with Crippen LogP contribution in [0.4, 0.5) is 14.7 Å². The van der Waals surface area contributed by atoms with Gasteiger partial charge >= 0.3 is 0 Å². The summed E-state index contributed by atoms with van der Waals surface area (Å²) in [7, 11) is 0. The molecule has 0 aromatic carbocycles. The number of hydrogen-bond acceptors (Lipinski definition) is 7.